The Morgan fingerprint density at radius 1 is 1.47 bits per heavy atom. The van der Waals surface area contributed by atoms with Crippen molar-refractivity contribution in [1.29, 1.82) is 5.26 Å². The average Bonchev–Trinajstić information content (AvgIpc) is 2.40. The van der Waals surface area contributed by atoms with Crippen molar-refractivity contribution in [3.8, 4) is 11.8 Å². The molecule has 0 bridgehead atoms. The number of nitriles is 1. The van der Waals surface area contributed by atoms with E-state index in [1.807, 2.05) is 0 Å². The summed E-state index contributed by atoms with van der Waals surface area (Å²) in [7, 11) is 0. The number of allylic oxidation sites excluding steroid dienone is 2. The lowest BCUT2D eigenvalue weighted by molar-refractivity contribution is -0.138. The number of rotatable bonds is 4. The number of carbonyl (C=O) groups is 1. The topological polar surface area (TPSA) is 70.3 Å². The van der Waals surface area contributed by atoms with E-state index in [-0.39, 0.29) is 23.0 Å². The zero-order valence-electron chi connectivity index (χ0n) is 10.3. The van der Waals surface area contributed by atoms with Crippen molar-refractivity contribution in [2.24, 2.45) is 0 Å². The first-order valence-corrected chi connectivity index (χ1v) is 5.91. The quantitative estimate of drug-likeness (QED) is 0.397. The molecule has 0 aliphatic heterocycles. The van der Waals surface area contributed by atoms with Crippen LogP contribution in [0.1, 0.15) is 12.5 Å². The number of esters is 1. The lowest BCUT2D eigenvalue weighted by Gasteiger charge is -2.01. The van der Waals surface area contributed by atoms with Gasteiger partial charge in [-0.05, 0) is 31.2 Å². The van der Waals surface area contributed by atoms with E-state index in [0.717, 1.165) is 0 Å². The number of ether oxygens (including phenoxy) is 1. The number of carbonyl (C=O) groups excluding carboxylic acids is 1. The van der Waals surface area contributed by atoms with Crippen LogP contribution in [0.2, 0.25) is 0 Å². The SMILES string of the molecule is CCOC(=O)/C(C#N)=C\C=C(/Cl)c1ccccc1O. The Bertz CT molecular complexity index is 570. The first-order chi connectivity index (χ1) is 9.10. The van der Waals surface area contributed by atoms with Gasteiger partial charge >= 0.3 is 5.97 Å². The summed E-state index contributed by atoms with van der Waals surface area (Å²) in [6, 6.07) is 8.22. The molecule has 0 saturated heterocycles. The first kappa shape index (κ1) is 14.8. The number of benzene rings is 1. The van der Waals surface area contributed by atoms with Gasteiger partial charge in [-0.25, -0.2) is 4.79 Å². The maximum absolute atomic E-state index is 11.4. The Morgan fingerprint density at radius 2 is 2.16 bits per heavy atom. The molecule has 0 aliphatic carbocycles. The summed E-state index contributed by atoms with van der Waals surface area (Å²) in [5, 5.41) is 18.6. The molecule has 0 unspecified atom stereocenters. The zero-order valence-corrected chi connectivity index (χ0v) is 11.0. The van der Waals surface area contributed by atoms with Crippen LogP contribution in [0.15, 0.2) is 42.0 Å². The van der Waals surface area contributed by atoms with Crippen LogP contribution in [0.3, 0.4) is 0 Å². The number of hydrogen-bond acceptors (Lipinski definition) is 4. The largest absolute Gasteiger partial charge is 0.507 e. The second-order valence-electron chi connectivity index (χ2n) is 3.44. The molecule has 98 valence electrons. The fraction of sp³-hybridized carbons (Fsp3) is 0.143. The molecular weight excluding hydrogens is 266 g/mol. The van der Waals surface area contributed by atoms with Crippen LogP contribution in [-0.2, 0) is 9.53 Å². The molecule has 1 aromatic rings. The van der Waals surface area contributed by atoms with Crippen LogP contribution in [-0.4, -0.2) is 17.7 Å². The fourth-order valence-electron chi connectivity index (χ4n) is 1.28. The molecule has 5 heteroatoms. The maximum Gasteiger partial charge on any atom is 0.348 e. The number of para-hydroxylation sites is 1. The molecule has 0 amide bonds. The van der Waals surface area contributed by atoms with Gasteiger partial charge in [0.05, 0.1) is 11.6 Å². The van der Waals surface area contributed by atoms with Crippen molar-refractivity contribution in [3.63, 3.8) is 0 Å². The van der Waals surface area contributed by atoms with Crippen LogP contribution < -0.4 is 0 Å². The minimum Gasteiger partial charge on any atom is -0.507 e. The van der Waals surface area contributed by atoms with E-state index in [4.69, 9.17) is 21.6 Å². The summed E-state index contributed by atoms with van der Waals surface area (Å²) >= 11 is 5.99. The first-order valence-electron chi connectivity index (χ1n) is 5.53. The molecular formula is C14H12ClNO3. The minimum atomic E-state index is -0.706. The Balaban J connectivity index is 2.99. The van der Waals surface area contributed by atoms with Gasteiger partial charge in [0.15, 0.2) is 0 Å². The van der Waals surface area contributed by atoms with Gasteiger partial charge < -0.3 is 9.84 Å². The Morgan fingerprint density at radius 3 is 2.74 bits per heavy atom. The average molecular weight is 278 g/mol. The summed E-state index contributed by atoms with van der Waals surface area (Å²) in [5.74, 6) is -0.685. The van der Waals surface area contributed by atoms with Gasteiger partial charge in [-0.15, -0.1) is 0 Å². The minimum absolute atomic E-state index is 0.0202. The second kappa shape index (κ2) is 7.24. The molecule has 1 aromatic carbocycles. The van der Waals surface area contributed by atoms with Gasteiger partial charge in [0, 0.05) is 5.56 Å². The number of phenols is 1. The van der Waals surface area contributed by atoms with E-state index in [0.29, 0.717) is 5.56 Å². The van der Waals surface area contributed by atoms with Crippen molar-refractivity contribution in [2.75, 3.05) is 6.61 Å². The normalized spacial score (nSPS) is 11.8. The van der Waals surface area contributed by atoms with Crippen molar-refractivity contribution in [1.82, 2.24) is 0 Å². The summed E-state index contributed by atoms with van der Waals surface area (Å²) in [4.78, 5) is 11.4. The van der Waals surface area contributed by atoms with Crippen molar-refractivity contribution in [3.05, 3.63) is 47.6 Å². The van der Waals surface area contributed by atoms with Gasteiger partial charge in [0.1, 0.15) is 17.4 Å². The smallest absolute Gasteiger partial charge is 0.348 e. The van der Waals surface area contributed by atoms with E-state index < -0.39 is 5.97 Å². The predicted octanol–water partition coefficient (Wildman–Crippen LogP) is 2.98. The van der Waals surface area contributed by atoms with Crippen LogP contribution in [0.25, 0.3) is 5.03 Å². The lowest BCUT2D eigenvalue weighted by atomic mass is 10.1. The van der Waals surface area contributed by atoms with Gasteiger partial charge in [0.2, 0.25) is 0 Å². The molecule has 0 radical (unpaired) electrons. The molecule has 0 aromatic heterocycles. The molecule has 19 heavy (non-hydrogen) atoms. The summed E-state index contributed by atoms with van der Waals surface area (Å²) in [5.41, 5.74) is 0.261. The monoisotopic (exact) mass is 277 g/mol. The summed E-state index contributed by atoms with van der Waals surface area (Å²) < 4.78 is 4.71. The molecule has 0 spiro atoms. The van der Waals surface area contributed by atoms with Crippen LogP contribution in [0.4, 0.5) is 0 Å². The van der Waals surface area contributed by atoms with E-state index >= 15 is 0 Å². The van der Waals surface area contributed by atoms with Crippen molar-refractivity contribution in [2.45, 2.75) is 6.92 Å². The van der Waals surface area contributed by atoms with Crippen LogP contribution in [0, 0.1) is 11.3 Å². The fourth-order valence-corrected chi connectivity index (χ4v) is 1.50. The van der Waals surface area contributed by atoms with E-state index in [1.54, 1.807) is 31.2 Å². The van der Waals surface area contributed by atoms with Gasteiger partial charge in [-0.2, -0.15) is 5.26 Å². The molecule has 0 atom stereocenters. The highest BCUT2D eigenvalue weighted by atomic mass is 35.5. The molecule has 1 N–H and O–H groups in total. The second-order valence-corrected chi connectivity index (χ2v) is 3.85. The summed E-state index contributed by atoms with van der Waals surface area (Å²) in [6.45, 7) is 1.84. The highest BCUT2D eigenvalue weighted by Crippen LogP contribution is 2.27. The van der Waals surface area contributed by atoms with Gasteiger partial charge in [-0.1, -0.05) is 23.7 Å². The molecule has 0 heterocycles. The summed E-state index contributed by atoms with van der Waals surface area (Å²) in [6.07, 6.45) is 2.62. The Kier molecular flexibility index (Phi) is 5.65. The third kappa shape index (κ3) is 4.16. The number of hydrogen-bond donors (Lipinski definition) is 1. The third-order valence-electron chi connectivity index (χ3n) is 2.17. The number of nitrogens with zero attached hydrogens (tertiary/aromatic N) is 1. The van der Waals surface area contributed by atoms with E-state index in [9.17, 15) is 9.90 Å². The molecule has 1 rings (SSSR count). The van der Waals surface area contributed by atoms with Crippen LogP contribution >= 0.6 is 11.6 Å². The Hall–Kier alpha value is -2.25. The highest BCUT2D eigenvalue weighted by molar-refractivity contribution is 6.49. The maximum atomic E-state index is 11.4. The number of phenolic OH excluding ortho intramolecular Hbond substituents is 1. The van der Waals surface area contributed by atoms with Gasteiger partial charge in [0.25, 0.3) is 0 Å². The van der Waals surface area contributed by atoms with Gasteiger partial charge in [-0.3, -0.25) is 0 Å². The molecule has 0 fully saturated rings. The number of halogens is 1. The zero-order chi connectivity index (χ0) is 14.3. The third-order valence-corrected chi connectivity index (χ3v) is 2.50. The Labute approximate surface area is 116 Å². The number of aromatic hydroxyl groups is 1. The van der Waals surface area contributed by atoms with Crippen LogP contribution in [0.5, 0.6) is 5.75 Å². The predicted molar refractivity (Wildman–Crippen MR) is 72.3 cm³/mol. The molecule has 4 nitrogen and oxygen atoms in total. The molecule has 0 saturated carbocycles. The highest BCUT2D eigenvalue weighted by Gasteiger charge is 2.09. The van der Waals surface area contributed by atoms with E-state index in [1.165, 1.54) is 18.2 Å². The van der Waals surface area contributed by atoms with Crippen molar-refractivity contribution >= 4 is 22.6 Å². The standard InChI is InChI=1S/C14H12ClNO3/c1-2-19-14(18)10(9-16)7-8-12(15)11-5-3-4-6-13(11)17/h3-8,17H,2H2,1H3/b10-7-,12-8-. The molecule has 0 aliphatic rings. The van der Waals surface area contributed by atoms with E-state index in [2.05, 4.69) is 0 Å². The lowest BCUT2D eigenvalue weighted by Crippen LogP contribution is -2.05. The van der Waals surface area contributed by atoms with Crippen molar-refractivity contribution < 1.29 is 14.6 Å².